The van der Waals surface area contributed by atoms with Crippen LogP contribution in [0.2, 0.25) is 0 Å². The summed E-state index contributed by atoms with van der Waals surface area (Å²) in [6.07, 6.45) is 1.67. The first kappa shape index (κ1) is 12.9. The molecule has 5 heteroatoms. The van der Waals surface area contributed by atoms with Crippen LogP contribution in [0.1, 0.15) is 0 Å². The Labute approximate surface area is 118 Å². The van der Waals surface area contributed by atoms with Crippen molar-refractivity contribution < 1.29 is 8.78 Å². The van der Waals surface area contributed by atoms with Gasteiger partial charge in [0.25, 0.3) is 0 Å². The van der Waals surface area contributed by atoms with Gasteiger partial charge in [-0.05, 0) is 36.4 Å². The van der Waals surface area contributed by atoms with Crippen LogP contribution in [0.15, 0.2) is 58.5 Å². The summed E-state index contributed by atoms with van der Waals surface area (Å²) < 4.78 is 26.2. The Bertz CT molecular complexity index is 790. The molecule has 2 nitrogen and oxygen atoms in total. The molecule has 0 aliphatic heterocycles. The number of anilines is 1. The standard InChI is InChI=1S/C15H10F2N2S/c16-11-4-3-9(8-12(11)17)20-14-6-5-13(18)15-10(14)2-1-7-19-15/h1-8H,18H2. The minimum atomic E-state index is -0.854. The third kappa shape index (κ3) is 2.32. The van der Waals surface area contributed by atoms with E-state index in [-0.39, 0.29) is 0 Å². The van der Waals surface area contributed by atoms with E-state index in [2.05, 4.69) is 4.98 Å². The predicted octanol–water partition coefficient (Wildman–Crippen LogP) is 4.25. The molecule has 0 spiro atoms. The number of pyridine rings is 1. The number of nitrogens with two attached hydrogens (primary N) is 1. The van der Waals surface area contributed by atoms with E-state index < -0.39 is 11.6 Å². The first-order chi connectivity index (χ1) is 9.65. The summed E-state index contributed by atoms with van der Waals surface area (Å²) in [6, 6.07) is 11.2. The van der Waals surface area contributed by atoms with Crippen molar-refractivity contribution in [1.29, 1.82) is 0 Å². The molecule has 0 amide bonds. The Morgan fingerprint density at radius 2 is 1.85 bits per heavy atom. The van der Waals surface area contributed by atoms with Crippen molar-refractivity contribution in [1.82, 2.24) is 4.98 Å². The molecule has 0 radical (unpaired) electrons. The van der Waals surface area contributed by atoms with E-state index in [4.69, 9.17) is 5.73 Å². The van der Waals surface area contributed by atoms with Gasteiger partial charge in [-0.25, -0.2) is 8.78 Å². The molecule has 2 aromatic carbocycles. The number of benzene rings is 2. The summed E-state index contributed by atoms with van der Waals surface area (Å²) in [4.78, 5) is 5.76. The largest absolute Gasteiger partial charge is 0.397 e. The van der Waals surface area contributed by atoms with Crippen LogP contribution in [0.25, 0.3) is 10.9 Å². The van der Waals surface area contributed by atoms with E-state index in [0.717, 1.165) is 16.3 Å². The van der Waals surface area contributed by atoms with Crippen molar-refractivity contribution >= 4 is 28.4 Å². The Balaban J connectivity index is 2.06. The molecule has 0 bridgehead atoms. The van der Waals surface area contributed by atoms with Gasteiger partial charge in [-0.2, -0.15) is 0 Å². The second kappa shape index (κ2) is 5.09. The van der Waals surface area contributed by atoms with Gasteiger partial charge in [0.1, 0.15) is 0 Å². The number of hydrogen-bond donors (Lipinski definition) is 1. The lowest BCUT2D eigenvalue weighted by molar-refractivity contribution is 0.506. The SMILES string of the molecule is Nc1ccc(Sc2ccc(F)c(F)c2)c2cccnc12. The van der Waals surface area contributed by atoms with Crippen molar-refractivity contribution in [2.24, 2.45) is 0 Å². The van der Waals surface area contributed by atoms with Crippen LogP contribution in [0, 0.1) is 11.6 Å². The zero-order valence-electron chi connectivity index (χ0n) is 10.3. The second-order valence-electron chi connectivity index (χ2n) is 4.23. The van der Waals surface area contributed by atoms with Crippen molar-refractivity contribution in [3.63, 3.8) is 0 Å². The molecular weight excluding hydrogens is 278 g/mol. The van der Waals surface area contributed by atoms with Gasteiger partial charge < -0.3 is 5.73 Å². The Morgan fingerprint density at radius 3 is 2.65 bits per heavy atom. The van der Waals surface area contributed by atoms with Crippen molar-refractivity contribution in [3.05, 3.63) is 60.3 Å². The number of nitrogens with zero attached hydrogens (tertiary/aromatic N) is 1. The molecule has 2 N–H and O–H groups in total. The fourth-order valence-electron chi connectivity index (χ4n) is 1.92. The molecule has 3 rings (SSSR count). The molecule has 0 unspecified atom stereocenters. The first-order valence-corrected chi connectivity index (χ1v) is 6.73. The van der Waals surface area contributed by atoms with Crippen molar-refractivity contribution in [3.8, 4) is 0 Å². The highest BCUT2D eigenvalue weighted by atomic mass is 32.2. The maximum Gasteiger partial charge on any atom is 0.159 e. The van der Waals surface area contributed by atoms with Crippen molar-refractivity contribution in [2.45, 2.75) is 9.79 Å². The number of fused-ring (bicyclic) bond motifs is 1. The summed E-state index contributed by atoms with van der Waals surface area (Å²) in [6.45, 7) is 0. The number of nitrogen functional groups attached to an aromatic ring is 1. The number of aromatic nitrogens is 1. The number of rotatable bonds is 2. The first-order valence-electron chi connectivity index (χ1n) is 5.91. The van der Waals surface area contributed by atoms with Crippen LogP contribution in [0.4, 0.5) is 14.5 Å². The topological polar surface area (TPSA) is 38.9 Å². The summed E-state index contributed by atoms with van der Waals surface area (Å²) in [7, 11) is 0. The Morgan fingerprint density at radius 1 is 1.00 bits per heavy atom. The molecule has 1 heterocycles. The molecule has 100 valence electrons. The van der Waals surface area contributed by atoms with Crippen LogP contribution < -0.4 is 5.73 Å². The van der Waals surface area contributed by atoms with E-state index in [9.17, 15) is 8.78 Å². The quantitative estimate of drug-likeness (QED) is 0.717. The minimum absolute atomic E-state index is 0.593. The van der Waals surface area contributed by atoms with Gasteiger partial charge in [0.15, 0.2) is 11.6 Å². The maximum atomic E-state index is 13.2. The fourth-order valence-corrected chi connectivity index (χ4v) is 2.89. The summed E-state index contributed by atoms with van der Waals surface area (Å²) in [5.74, 6) is -1.70. The minimum Gasteiger partial charge on any atom is -0.397 e. The second-order valence-corrected chi connectivity index (χ2v) is 5.35. The molecule has 0 saturated heterocycles. The normalized spacial score (nSPS) is 10.9. The van der Waals surface area contributed by atoms with Gasteiger partial charge in [-0.1, -0.05) is 17.8 Å². The highest BCUT2D eigenvalue weighted by Crippen LogP contribution is 2.35. The molecule has 0 atom stereocenters. The van der Waals surface area contributed by atoms with Crippen LogP contribution in [0.3, 0.4) is 0 Å². The highest BCUT2D eigenvalue weighted by Gasteiger charge is 2.08. The zero-order valence-corrected chi connectivity index (χ0v) is 11.1. The average Bonchev–Trinajstić information content (AvgIpc) is 2.46. The van der Waals surface area contributed by atoms with Gasteiger partial charge in [0.05, 0.1) is 11.2 Å². The predicted molar refractivity (Wildman–Crippen MR) is 76.6 cm³/mol. The fraction of sp³-hybridized carbons (Fsp3) is 0. The number of halogens is 2. The smallest absolute Gasteiger partial charge is 0.159 e. The van der Waals surface area contributed by atoms with E-state index in [1.807, 2.05) is 18.2 Å². The Kier molecular flexibility index (Phi) is 3.28. The molecule has 0 fully saturated rings. The van der Waals surface area contributed by atoms with Crippen LogP contribution >= 0.6 is 11.8 Å². The van der Waals surface area contributed by atoms with E-state index >= 15 is 0 Å². The molecule has 3 aromatic rings. The lowest BCUT2D eigenvalue weighted by atomic mass is 10.2. The molecule has 0 saturated carbocycles. The number of hydrogen-bond acceptors (Lipinski definition) is 3. The summed E-state index contributed by atoms with van der Waals surface area (Å²) >= 11 is 1.35. The van der Waals surface area contributed by atoms with Gasteiger partial charge >= 0.3 is 0 Å². The molecular formula is C15H10F2N2S. The van der Waals surface area contributed by atoms with Crippen LogP contribution in [0.5, 0.6) is 0 Å². The van der Waals surface area contributed by atoms with Crippen molar-refractivity contribution in [2.75, 3.05) is 5.73 Å². The summed E-state index contributed by atoms with van der Waals surface area (Å²) in [5.41, 5.74) is 7.18. The van der Waals surface area contributed by atoms with Gasteiger partial charge in [-0.15, -0.1) is 0 Å². The van der Waals surface area contributed by atoms with Gasteiger partial charge in [0, 0.05) is 21.4 Å². The molecule has 0 aliphatic carbocycles. The Hall–Kier alpha value is -2.14. The maximum absolute atomic E-state index is 13.2. The molecule has 1 aromatic heterocycles. The lowest BCUT2D eigenvalue weighted by Crippen LogP contribution is -1.90. The lowest BCUT2D eigenvalue weighted by Gasteiger charge is -2.08. The third-order valence-electron chi connectivity index (χ3n) is 2.88. The summed E-state index contributed by atoms with van der Waals surface area (Å²) in [5, 5.41) is 0.891. The van der Waals surface area contributed by atoms with Crippen LogP contribution in [-0.2, 0) is 0 Å². The van der Waals surface area contributed by atoms with E-state index in [1.165, 1.54) is 17.8 Å². The van der Waals surface area contributed by atoms with Gasteiger partial charge in [0.2, 0.25) is 0 Å². The third-order valence-corrected chi connectivity index (χ3v) is 3.95. The zero-order chi connectivity index (χ0) is 14.1. The van der Waals surface area contributed by atoms with Gasteiger partial charge in [-0.3, -0.25) is 4.98 Å². The van der Waals surface area contributed by atoms with Crippen LogP contribution in [-0.4, -0.2) is 4.98 Å². The molecule has 20 heavy (non-hydrogen) atoms. The van der Waals surface area contributed by atoms with E-state index in [1.54, 1.807) is 18.3 Å². The molecule has 0 aliphatic rings. The average molecular weight is 288 g/mol. The monoisotopic (exact) mass is 288 g/mol. The highest BCUT2D eigenvalue weighted by molar-refractivity contribution is 7.99. The van der Waals surface area contributed by atoms with E-state index in [0.29, 0.717) is 16.1 Å².